The maximum absolute atomic E-state index is 6.40. The molecule has 1 saturated heterocycles. The lowest BCUT2D eigenvalue weighted by Gasteiger charge is -2.53. The van der Waals surface area contributed by atoms with Crippen LogP contribution in [0, 0.1) is 5.92 Å². The summed E-state index contributed by atoms with van der Waals surface area (Å²) in [4.78, 5) is 2.60. The van der Waals surface area contributed by atoms with Gasteiger partial charge in [-0.2, -0.15) is 0 Å². The molecule has 3 nitrogen and oxygen atoms in total. The Morgan fingerprint density at radius 2 is 1.94 bits per heavy atom. The molecule has 3 aliphatic rings. The van der Waals surface area contributed by atoms with Crippen LogP contribution in [0.1, 0.15) is 38.5 Å². The van der Waals surface area contributed by atoms with Crippen molar-refractivity contribution in [3.05, 3.63) is 0 Å². The fourth-order valence-corrected chi connectivity index (χ4v) is 3.55. The molecule has 0 bridgehead atoms. The summed E-state index contributed by atoms with van der Waals surface area (Å²) < 4.78 is 5.49. The highest BCUT2D eigenvalue weighted by Gasteiger charge is 2.51. The van der Waals surface area contributed by atoms with Gasteiger partial charge in [-0.05, 0) is 44.4 Å². The Hall–Kier alpha value is -0.120. The average molecular weight is 224 g/mol. The van der Waals surface area contributed by atoms with E-state index in [1.165, 1.54) is 38.5 Å². The molecule has 3 rings (SSSR count). The second-order valence-electron chi connectivity index (χ2n) is 6.09. The highest BCUT2D eigenvalue weighted by molar-refractivity contribution is 5.10. The first kappa shape index (κ1) is 11.0. The van der Waals surface area contributed by atoms with Gasteiger partial charge in [0.2, 0.25) is 0 Å². The third-order valence-corrected chi connectivity index (χ3v) is 4.83. The van der Waals surface area contributed by atoms with Gasteiger partial charge in [-0.3, -0.25) is 4.90 Å². The highest BCUT2D eigenvalue weighted by Crippen LogP contribution is 2.44. The van der Waals surface area contributed by atoms with Crippen molar-refractivity contribution in [2.45, 2.75) is 56.2 Å². The van der Waals surface area contributed by atoms with Gasteiger partial charge in [-0.25, -0.2) is 0 Å². The molecule has 2 N–H and O–H groups in total. The first-order chi connectivity index (χ1) is 7.71. The van der Waals surface area contributed by atoms with E-state index in [1.54, 1.807) is 0 Å². The first-order valence-electron chi connectivity index (χ1n) is 6.77. The van der Waals surface area contributed by atoms with Gasteiger partial charge in [0, 0.05) is 31.8 Å². The summed E-state index contributed by atoms with van der Waals surface area (Å²) in [5.74, 6) is 0.838. The molecule has 0 aromatic rings. The molecule has 92 valence electrons. The Balaban J connectivity index is 1.51. The molecule has 0 aromatic carbocycles. The average Bonchev–Trinajstić information content (AvgIpc) is 3.09. The van der Waals surface area contributed by atoms with Gasteiger partial charge in [0.15, 0.2) is 0 Å². The third-order valence-electron chi connectivity index (χ3n) is 4.83. The number of hydrogen-bond donors (Lipinski definition) is 1. The summed E-state index contributed by atoms with van der Waals surface area (Å²) in [6.45, 7) is 2.28. The summed E-state index contributed by atoms with van der Waals surface area (Å²) in [5, 5.41) is 0. The zero-order valence-corrected chi connectivity index (χ0v) is 10.3. The van der Waals surface area contributed by atoms with Crippen LogP contribution in [-0.4, -0.2) is 42.8 Å². The van der Waals surface area contributed by atoms with Crippen LogP contribution in [0.2, 0.25) is 0 Å². The van der Waals surface area contributed by atoms with Gasteiger partial charge in [0.25, 0.3) is 0 Å². The molecular weight excluding hydrogens is 200 g/mol. The Morgan fingerprint density at radius 1 is 1.19 bits per heavy atom. The van der Waals surface area contributed by atoms with Gasteiger partial charge in [0.1, 0.15) is 0 Å². The summed E-state index contributed by atoms with van der Waals surface area (Å²) in [7, 11) is 1.85. The van der Waals surface area contributed by atoms with Crippen LogP contribution in [0.4, 0.5) is 0 Å². The van der Waals surface area contributed by atoms with E-state index in [4.69, 9.17) is 10.5 Å². The lowest BCUT2D eigenvalue weighted by Crippen LogP contribution is -2.71. The Kier molecular flexibility index (Phi) is 2.73. The van der Waals surface area contributed by atoms with Gasteiger partial charge >= 0.3 is 0 Å². The molecule has 0 amide bonds. The molecule has 0 radical (unpaired) electrons. The Labute approximate surface area is 98.3 Å². The summed E-state index contributed by atoms with van der Waals surface area (Å²) >= 11 is 0. The van der Waals surface area contributed by atoms with E-state index in [2.05, 4.69) is 4.90 Å². The van der Waals surface area contributed by atoms with Crippen LogP contribution in [0.25, 0.3) is 0 Å². The van der Waals surface area contributed by atoms with E-state index in [1.807, 2.05) is 7.11 Å². The zero-order chi connectivity index (χ0) is 11.2. The van der Waals surface area contributed by atoms with Gasteiger partial charge in [-0.15, -0.1) is 0 Å². The molecule has 1 heterocycles. The minimum Gasteiger partial charge on any atom is -0.381 e. The monoisotopic (exact) mass is 224 g/mol. The molecule has 2 aliphatic carbocycles. The first-order valence-corrected chi connectivity index (χ1v) is 6.77. The van der Waals surface area contributed by atoms with Gasteiger partial charge in [-0.1, -0.05) is 0 Å². The highest BCUT2D eigenvalue weighted by atomic mass is 16.5. The van der Waals surface area contributed by atoms with Crippen molar-refractivity contribution in [3.63, 3.8) is 0 Å². The van der Waals surface area contributed by atoms with Gasteiger partial charge in [0.05, 0.1) is 6.10 Å². The lowest BCUT2D eigenvalue weighted by atomic mass is 9.81. The van der Waals surface area contributed by atoms with Crippen LogP contribution in [-0.2, 0) is 4.74 Å². The van der Waals surface area contributed by atoms with E-state index in [-0.39, 0.29) is 5.54 Å². The Morgan fingerprint density at radius 3 is 2.56 bits per heavy atom. The molecule has 1 aliphatic heterocycles. The molecule has 2 unspecified atom stereocenters. The summed E-state index contributed by atoms with van der Waals surface area (Å²) in [6, 6.07) is 0.745. The third kappa shape index (κ3) is 1.89. The van der Waals surface area contributed by atoms with E-state index in [9.17, 15) is 0 Å². The molecule has 3 fully saturated rings. The van der Waals surface area contributed by atoms with E-state index < -0.39 is 0 Å². The number of likely N-dealkylation sites (tertiary alicyclic amines) is 1. The smallest absolute Gasteiger partial charge is 0.0586 e. The maximum atomic E-state index is 6.40. The van der Waals surface area contributed by atoms with Crippen LogP contribution in [0.5, 0.6) is 0 Å². The number of ether oxygens (including phenoxy) is 1. The largest absolute Gasteiger partial charge is 0.381 e. The molecule has 16 heavy (non-hydrogen) atoms. The SMILES string of the molecule is COC1CCCC(N2CC(N)(C3CC3)C2)C1. The van der Waals surface area contributed by atoms with Crippen molar-refractivity contribution < 1.29 is 4.74 Å². The fraction of sp³-hybridized carbons (Fsp3) is 1.00. The van der Waals surface area contributed by atoms with Crippen molar-refractivity contribution >= 4 is 0 Å². The quantitative estimate of drug-likeness (QED) is 0.787. The second kappa shape index (κ2) is 3.97. The molecular formula is C13H24N2O. The molecule has 0 spiro atoms. The number of rotatable bonds is 3. The topological polar surface area (TPSA) is 38.5 Å². The van der Waals surface area contributed by atoms with Crippen LogP contribution < -0.4 is 5.73 Å². The normalized spacial score (nSPS) is 39.4. The molecule has 2 saturated carbocycles. The number of nitrogens with zero attached hydrogens (tertiary/aromatic N) is 1. The van der Waals surface area contributed by atoms with Crippen LogP contribution in [0.3, 0.4) is 0 Å². The fourth-order valence-electron chi connectivity index (χ4n) is 3.55. The summed E-state index contributed by atoms with van der Waals surface area (Å²) in [5.41, 5.74) is 6.58. The predicted molar refractivity (Wildman–Crippen MR) is 64.3 cm³/mol. The number of nitrogens with two attached hydrogens (primary N) is 1. The van der Waals surface area contributed by atoms with Crippen molar-refractivity contribution in [2.24, 2.45) is 11.7 Å². The van der Waals surface area contributed by atoms with Crippen molar-refractivity contribution in [2.75, 3.05) is 20.2 Å². The van der Waals surface area contributed by atoms with Crippen LogP contribution in [0.15, 0.2) is 0 Å². The lowest BCUT2D eigenvalue weighted by molar-refractivity contribution is -0.0314. The number of hydrogen-bond acceptors (Lipinski definition) is 3. The minimum absolute atomic E-state index is 0.181. The Bertz CT molecular complexity index is 259. The van der Waals surface area contributed by atoms with Crippen molar-refractivity contribution in [3.8, 4) is 0 Å². The second-order valence-corrected chi connectivity index (χ2v) is 6.09. The molecule has 3 heteroatoms. The predicted octanol–water partition coefficient (Wildman–Crippen LogP) is 1.37. The van der Waals surface area contributed by atoms with Crippen molar-refractivity contribution in [1.82, 2.24) is 4.90 Å². The van der Waals surface area contributed by atoms with E-state index in [0.717, 1.165) is 25.0 Å². The van der Waals surface area contributed by atoms with Crippen molar-refractivity contribution in [1.29, 1.82) is 0 Å². The maximum Gasteiger partial charge on any atom is 0.0586 e. The summed E-state index contributed by atoms with van der Waals surface area (Å²) in [6.07, 6.45) is 8.37. The standard InChI is InChI=1S/C13H24N2O/c1-16-12-4-2-3-11(7-12)15-8-13(14,9-15)10-5-6-10/h10-12H,2-9,14H2,1H3. The van der Waals surface area contributed by atoms with E-state index in [0.29, 0.717) is 6.10 Å². The minimum atomic E-state index is 0.181. The molecule has 2 atom stereocenters. The van der Waals surface area contributed by atoms with Crippen LogP contribution >= 0.6 is 0 Å². The number of methoxy groups -OCH3 is 1. The van der Waals surface area contributed by atoms with E-state index >= 15 is 0 Å². The van der Waals surface area contributed by atoms with Gasteiger partial charge < -0.3 is 10.5 Å². The molecule has 0 aromatic heterocycles. The zero-order valence-electron chi connectivity index (χ0n) is 10.3.